The average molecular weight is 220 g/mol. The van der Waals surface area contributed by atoms with Crippen LogP contribution >= 0.6 is 0 Å². The van der Waals surface area contributed by atoms with Crippen LogP contribution in [0.5, 0.6) is 0 Å². The van der Waals surface area contributed by atoms with Crippen molar-refractivity contribution >= 4 is 5.91 Å². The molecule has 0 aromatic carbocycles. The predicted octanol–water partition coefficient (Wildman–Crippen LogP) is 0.235. The van der Waals surface area contributed by atoms with E-state index in [4.69, 9.17) is 5.73 Å². The van der Waals surface area contributed by atoms with E-state index >= 15 is 0 Å². The number of carbonyl (C=O) groups excluding carboxylic acids is 1. The van der Waals surface area contributed by atoms with Gasteiger partial charge in [0.1, 0.15) is 5.82 Å². The van der Waals surface area contributed by atoms with Crippen LogP contribution in [0.2, 0.25) is 0 Å². The molecule has 1 atom stereocenters. The van der Waals surface area contributed by atoms with Crippen LogP contribution in [0, 0.1) is 6.92 Å². The molecule has 0 bridgehead atoms. The lowest BCUT2D eigenvalue weighted by molar-refractivity contribution is -0.135. The molecular formula is C11H16N4O. The fraction of sp³-hybridized carbons (Fsp3) is 0.545. The maximum Gasteiger partial charge on any atom is 0.239 e. The Labute approximate surface area is 94.7 Å². The molecule has 0 saturated carbocycles. The molecule has 2 heterocycles. The number of nitrogens with two attached hydrogens (primary N) is 1. The molecular weight excluding hydrogens is 204 g/mol. The summed E-state index contributed by atoms with van der Waals surface area (Å²) in [6, 6.07) is 1.50. The van der Waals surface area contributed by atoms with Crippen LogP contribution in [0.3, 0.4) is 0 Å². The minimum absolute atomic E-state index is 0.0301. The highest BCUT2D eigenvalue weighted by atomic mass is 16.2. The lowest BCUT2D eigenvalue weighted by Gasteiger charge is -2.30. The number of hydrogen-bond acceptors (Lipinski definition) is 4. The van der Waals surface area contributed by atoms with Gasteiger partial charge in [0.25, 0.3) is 0 Å². The number of likely N-dealkylation sites (tertiary alicyclic amines) is 1. The van der Waals surface area contributed by atoms with Gasteiger partial charge in [-0.25, -0.2) is 9.97 Å². The van der Waals surface area contributed by atoms with E-state index in [1.54, 1.807) is 11.1 Å². The van der Waals surface area contributed by atoms with Crippen LogP contribution in [0.15, 0.2) is 12.3 Å². The largest absolute Gasteiger partial charge is 0.335 e. The molecule has 2 N–H and O–H groups in total. The molecule has 2 rings (SSSR count). The maximum absolute atomic E-state index is 11.8. The van der Waals surface area contributed by atoms with Crippen molar-refractivity contribution < 1.29 is 4.79 Å². The number of amides is 1. The Bertz CT molecular complexity index is 393. The second-order valence-electron chi connectivity index (χ2n) is 4.10. The first-order valence-electron chi connectivity index (χ1n) is 5.50. The minimum atomic E-state index is -0.336. The highest BCUT2D eigenvalue weighted by molar-refractivity contribution is 5.82. The Morgan fingerprint density at radius 1 is 1.62 bits per heavy atom. The van der Waals surface area contributed by atoms with E-state index in [1.807, 2.05) is 13.0 Å². The standard InChI is InChI=1S/C11H16N4O/c1-8-13-5-4-9(14-8)7-15-6-2-3-10(12)11(15)16/h4-5,10H,2-3,6-7,12H2,1H3/t10-/m1/s1. The van der Waals surface area contributed by atoms with Gasteiger partial charge >= 0.3 is 0 Å². The van der Waals surface area contributed by atoms with E-state index in [0.29, 0.717) is 6.54 Å². The normalized spacial score (nSPS) is 21.2. The van der Waals surface area contributed by atoms with Crippen molar-refractivity contribution in [2.45, 2.75) is 32.4 Å². The van der Waals surface area contributed by atoms with Gasteiger partial charge in [0.2, 0.25) is 5.91 Å². The summed E-state index contributed by atoms with van der Waals surface area (Å²) in [5, 5.41) is 0. The monoisotopic (exact) mass is 220 g/mol. The van der Waals surface area contributed by atoms with Crippen LogP contribution in [0.25, 0.3) is 0 Å². The Balaban J connectivity index is 2.06. The quantitative estimate of drug-likeness (QED) is 0.774. The first kappa shape index (κ1) is 11.0. The summed E-state index contributed by atoms with van der Waals surface area (Å²) < 4.78 is 0. The zero-order valence-electron chi connectivity index (χ0n) is 9.39. The van der Waals surface area contributed by atoms with Gasteiger partial charge in [0, 0.05) is 12.7 Å². The SMILES string of the molecule is Cc1nccc(CN2CCC[C@@H](N)C2=O)n1. The Hall–Kier alpha value is -1.49. The van der Waals surface area contributed by atoms with Gasteiger partial charge in [-0.15, -0.1) is 0 Å². The molecule has 1 saturated heterocycles. The third kappa shape index (κ3) is 2.36. The smallest absolute Gasteiger partial charge is 0.239 e. The van der Waals surface area contributed by atoms with E-state index < -0.39 is 0 Å². The third-order valence-electron chi connectivity index (χ3n) is 2.76. The fourth-order valence-corrected chi connectivity index (χ4v) is 1.92. The second kappa shape index (κ2) is 4.57. The molecule has 5 nitrogen and oxygen atoms in total. The maximum atomic E-state index is 11.8. The molecule has 0 unspecified atom stereocenters. The third-order valence-corrected chi connectivity index (χ3v) is 2.76. The molecule has 1 aliphatic rings. The predicted molar refractivity (Wildman–Crippen MR) is 59.4 cm³/mol. The summed E-state index contributed by atoms with van der Waals surface area (Å²) in [5.74, 6) is 0.758. The van der Waals surface area contributed by atoms with Crippen molar-refractivity contribution in [2.24, 2.45) is 5.73 Å². The number of hydrogen-bond donors (Lipinski definition) is 1. The molecule has 1 aliphatic heterocycles. The molecule has 5 heteroatoms. The van der Waals surface area contributed by atoms with Crippen molar-refractivity contribution in [3.8, 4) is 0 Å². The Morgan fingerprint density at radius 3 is 3.19 bits per heavy atom. The van der Waals surface area contributed by atoms with Crippen LogP contribution in [0.4, 0.5) is 0 Å². The zero-order valence-corrected chi connectivity index (χ0v) is 9.39. The molecule has 0 radical (unpaired) electrons. The molecule has 16 heavy (non-hydrogen) atoms. The van der Waals surface area contributed by atoms with E-state index in [1.165, 1.54) is 0 Å². The number of carbonyl (C=O) groups is 1. The Kier molecular flexibility index (Phi) is 3.14. The topological polar surface area (TPSA) is 72.1 Å². The fourth-order valence-electron chi connectivity index (χ4n) is 1.92. The highest BCUT2D eigenvalue weighted by Crippen LogP contribution is 2.12. The number of nitrogens with zero attached hydrogens (tertiary/aromatic N) is 3. The molecule has 0 aliphatic carbocycles. The van der Waals surface area contributed by atoms with Crippen molar-refractivity contribution in [3.63, 3.8) is 0 Å². The zero-order chi connectivity index (χ0) is 11.5. The summed E-state index contributed by atoms with van der Waals surface area (Å²) >= 11 is 0. The average Bonchev–Trinajstić information content (AvgIpc) is 2.25. The summed E-state index contributed by atoms with van der Waals surface area (Å²) in [4.78, 5) is 21.9. The molecule has 1 fully saturated rings. The molecule has 1 amide bonds. The molecule has 86 valence electrons. The van der Waals surface area contributed by atoms with Gasteiger partial charge in [-0.05, 0) is 25.8 Å². The summed E-state index contributed by atoms with van der Waals surface area (Å²) in [6.07, 6.45) is 3.47. The highest BCUT2D eigenvalue weighted by Gasteiger charge is 2.25. The summed E-state index contributed by atoms with van der Waals surface area (Å²) in [6.45, 7) is 3.15. The number of aryl methyl sites for hydroxylation is 1. The molecule has 0 spiro atoms. The van der Waals surface area contributed by atoms with Crippen LogP contribution < -0.4 is 5.73 Å². The first-order valence-corrected chi connectivity index (χ1v) is 5.50. The van der Waals surface area contributed by atoms with Gasteiger partial charge in [-0.1, -0.05) is 0 Å². The first-order chi connectivity index (χ1) is 7.66. The van der Waals surface area contributed by atoms with Crippen LogP contribution in [-0.2, 0) is 11.3 Å². The van der Waals surface area contributed by atoms with E-state index in [9.17, 15) is 4.79 Å². The van der Waals surface area contributed by atoms with Crippen LogP contribution in [-0.4, -0.2) is 33.4 Å². The lowest BCUT2D eigenvalue weighted by Crippen LogP contribution is -2.47. The Morgan fingerprint density at radius 2 is 2.44 bits per heavy atom. The van der Waals surface area contributed by atoms with Gasteiger partial charge < -0.3 is 10.6 Å². The van der Waals surface area contributed by atoms with Crippen molar-refractivity contribution in [1.29, 1.82) is 0 Å². The van der Waals surface area contributed by atoms with Crippen molar-refractivity contribution in [3.05, 3.63) is 23.8 Å². The number of rotatable bonds is 2. The molecule has 1 aromatic rings. The minimum Gasteiger partial charge on any atom is -0.335 e. The van der Waals surface area contributed by atoms with Gasteiger partial charge in [0.05, 0.1) is 18.3 Å². The van der Waals surface area contributed by atoms with Gasteiger partial charge in [-0.2, -0.15) is 0 Å². The van der Waals surface area contributed by atoms with Crippen LogP contribution in [0.1, 0.15) is 24.4 Å². The summed E-state index contributed by atoms with van der Waals surface area (Å²) in [5.41, 5.74) is 6.60. The van der Waals surface area contributed by atoms with E-state index in [-0.39, 0.29) is 11.9 Å². The second-order valence-corrected chi connectivity index (χ2v) is 4.10. The van der Waals surface area contributed by atoms with E-state index in [0.717, 1.165) is 30.9 Å². The van der Waals surface area contributed by atoms with Gasteiger partial charge in [0.15, 0.2) is 0 Å². The summed E-state index contributed by atoms with van der Waals surface area (Å²) in [7, 11) is 0. The van der Waals surface area contributed by atoms with Crippen molar-refractivity contribution in [1.82, 2.24) is 14.9 Å². The number of piperidine rings is 1. The van der Waals surface area contributed by atoms with E-state index in [2.05, 4.69) is 9.97 Å². The number of aromatic nitrogens is 2. The molecule has 1 aromatic heterocycles. The van der Waals surface area contributed by atoms with Crippen molar-refractivity contribution in [2.75, 3.05) is 6.54 Å². The van der Waals surface area contributed by atoms with Gasteiger partial charge in [-0.3, -0.25) is 4.79 Å². The lowest BCUT2D eigenvalue weighted by atomic mass is 10.1.